The molecule has 0 bridgehead atoms. The van der Waals surface area contributed by atoms with Crippen molar-refractivity contribution in [3.63, 3.8) is 0 Å². The second-order valence-electron chi connectivity index (χ2n) is 3.95. The molecule has 3 rings (SSSR count). The van der Waals surface area contributed by atoms with Crippen molar-refractivity contribution in [1.82, 2.24) is 25.1 Å². The molecule has 0 aliphatic rings. The molecule has 0 atom stereocenters. The zero-order valence-electron chi connectivity index (χ0n) is 10.6. The van der Waals surface area contributed by atoms with Crippen LogP contribution in [0, 0.1) is 0 Å². The highest BCUT2D eigenvalue weighted by molar-refractivity contribution is 5.69. The maximum absolute atomic E-state index is 10.1. The van der Waals surface area contributed by atoms with Crippen molar-refractivity contribution in [2.24, 2.45) is 0 Å². The van der Waals surface area contributed by atoms with Crippen molar-refractivity contribution in [3.05, 3.63) is 36.8 Å². The number of aromatic hydroxyl groups is 1. The van der Waals surface area contributed by atoms with E-state index in [1.54, 1.807) is 36.8 Å². The van der Waals surface area contributed by atoms with Crippen LogP contribution in [-0.2, 0) is 0 Å². The summed E-state index contributed by atoms with van der Waals surface area (Å²) in [7, 11) is 1.49. The maximum Gasteiger partial charge on any atom is 0.201 e. The van der Waals surface area contributed by atoms with E-state index in [1.807, 2.05) is 0 Å². The molecule has 0 saturated heterocycles. The highest BCUT2D eigenvalue weighted by Gasteiger charge is 2.14. The number of hydrogen-bond donors (Lipinski definition) is 2. The summed E-state index contributed by atoms with van der Waals surface area (Å²) in [6, 6.07) is 5.15. The predicted molar refractivity (Wildman–Crippen MR) is 71.1 cm³/mol. The van der Waals surface area contributed by atoms with Crippen molar-refractivity contribution in [2.45, 2.75) is 0 Å². The molecule has 0 spiro atoms. The number of rotatable bonds is 3. The molecule has 1 aromatic carbocycles. The minimum atomic E-state index is 0.0110. The van der Waals surface area contributed by atoms with Gasteiger partial charge in [0.25, 0.3) is 0 Å². The molecule has 7 heteroatoms. The van der Waals surface area contributed by atoms with Crippen molar-refractivity contribution < 1.29 is 9.84 Å². The lowest BCUT2D eigenvalue weighted by molar-refractivity contribution is 0.374. The van der Waals surface area contributed by atoms with Gasteiger partial charge in [-0.15, -0.1) is 0 Å². The molecule has 20 heavy (non-hydrogen) atoms. The first kappa shape index (κ1) is 12.1. The number of methoxy groups -OCH3 is 1. The highest BCUT2D eigenvalue weighted by atomic mass is 16.5. The Morgan fingerprint density at radius 2 is 2.15 bits per heavy atom. The van der Waals surface area contributed by atoms with E-state index in [4.69, 9.17) is 4.74 Å². The van der Waals surface area contributed by atoms with Gasteiger partial charge in [0.15, 0.2) is 17.3 Å². The van der Waals surface area contributed by atoms with E-state index in [9.17, 15) is 5.11 Å². The Balaban J connectivity index is 2.03. The number of phenols is 1. The molecule has 0 aliphatic heterocycles. The van der Waals surface area contributed by atoms with E-state index >= 15 is 0 Å². The van der Waals surface area contributed by atoms with Crippen LogP contribution in [-0.4, -0.2) is 37.4 Å². The number of aromatic amines is 1. The predicted octanol–water partition coefficient (Wildman–Crippen LogP) is 1.64. The summed E-state index contributed by atoms with van der Waals surface area (Å²) in [5, 5.41) is 16.9. The van der Waals surface area contributed by atoms with Crippen LogP contribution < -0.4 is 4.74 Å². The second kappa shape index (κ2) is 4.96. The first-order chi connectivity index (χ1) is 9.79. The summed E-state index contributed by atoms with van der Waals surface area (Å²) >= 11 is 0. The van der Waals surface area contributed by atoms with E-state index in [0.29, 0.717) is 28.7 Å². The van der Waals surface area contributed by atoms with Crippen LogP contribution in [0.2, 0.25) is 0 Å². The number of ether oxygens (including phenoxy) is 1. The molecule has 0 radical (unpaired) electrons. The molecule has 0 amide bonds. The van der Waals surface area contributed by atoms with Crippen molar-refractivity contribution in [1.29, 1.82) is 0 Å². The Bertz CT molecular complexity index is 727. The normalized spacial score (nSPS) is 10.4. The fraction of sp³-hybridized carbons (Fsp3) is 0.0769. The minimum absolute atomic E-state index is 0.0110. The van der Waals surface area contributed by atoms with E-state index in [0.717, 1.165) is 0 Å². The van der Waals surface area contributed by atoms with Crippen molar-refractivity contribution in [2.75, 3.05) is 7.11 Å². The van der Waals surface area contributed by atoms with Gasteiger partial charge in [-0.3, -0.25) is 10.1 Å². The average Bonchev–Trinajstić information content (AvgIpc) is 2.98. The molecule has 0 saturated carbocycles. The van der Waals surface area contributed by atoms with Gasteiger partial charge in [-0.2, -0.15) is 5.10 Å². The lowest BCUT2D eigenvalue weighted by atomic mass is 10.2. The summed E-state index contributed by atoms with van der Waals surface area (Å²) in [6.07, 6.45) is 4.71. The van der Waals surface area contributed by atoms with Gasteiger partial charge in [0.05, 0.1) is 18.9 Å². The monoisotopic (exact) mass is 269 g/mol. The third kappa shape index (κ3) is 2.05. The number of phenolic OH excluding ortho intramolecular Hbond substituents is 1. The SMILES string of the molecule is COc1cccc(-c2nc(-c3cnccn3)n[nH]2)c1O. The molecule has 0 aliphatic carbocycles. The number of nitrogens with zero attached hydrogens (tertiary/aromatic N) is 4. The smallest absolute Gasteiger partial charge is 0.201 e. The largest absolute Gasteiger partial charge is 0.504 e. The average molecular weight is 269 g/mol. The molecule has 100 valence electrons. The highest BCUT2D eigenvalue weighted by Crippen LogP contribution is 2.35. The summed E-state index contributed by atoms with van der Waals surface area (Å²) in [4.78, 5) is 12.4. The molecule has 2 aromatic heterocycles. The minimum Gasteiger partial charge on any atom is -0.504 e. The van der Waals surface area contributed by atoms with Gasteiger partial charge in [0.2, 0.25) is 5.82 Å². The molecular formula is C13H11N5O2. The Hall–Kier alpha value is -2.96. The third-order valence-corrected chi connectivity index (χ3v) is 2.75. The fourth-order valence-electron chi connectivity index (χ4n) is 1.79. The van der Waals surface area contributed by atoms with Crippen LogP contribution in [0.25, 0.3) is 22.9 Å². The number of H-pyrrole nitrogens is 1. The summed E-state index contributed by atoms with van der Waals surface area (Å²) in [5.74, 6) is 1.23. The topological polar surface area (TPSA) is 96.8 Å². The number of benzene rings is 1. The van der Waals surface area contributed by atoms with E-state index in [1.165, 1.54) is 7.11 Å². The number of nitrogens with one attached hydrogen (secondary N) is 1. The van der Waals surface area contributed by atoms with Crippen LogP contribution in [0.1, 0.15) is 0 Å². The van der Waals surface area contributed by atoms with E-state index < -0.39 is 0 Å². The fourth-order valence-corrected chi connectivity index (χ4v) is 1.79. The summed E-state index contributed by atoms with van der Waals surface area (Å²) in [5.41, 5.74) is 1.06. The lowest BCUT2D eigenvalue weighted by Crippen LogP contribution is -1.88. The number of para-hydroxylation sites is 1. The molecular weight excluding hydrogens is 258 g/mol. The maximum atomic E-state index is 10.1. The first-order valence-electron chi connectivity index (χ1n) is 5.84. The van der Waals surface area contributed by atoms with Gasteiger partial charge >= 0.3 is 0 Å². The molecule has 2 N–H and O–H groups in total. The van der Waals surface area contributed by atoms with Crippen molar-refractivity contribution in [3.8, 4) is 34.4 Å². The van der Waals surface area contributed by atoms with Gasteiger partial charge in [-0.1, -0.05) is 6.07 Å². The standard InChI is InChI=1S/C13H11N5O2/c1-20-10-4-2-3-8(11(10)19)12-16-13(18-17-12)9-7-14-5-6-15-9/h2-7,19H,1H3,(H,16,17,18). The summed E-state index contributed by atoms with van der Waals surface area (Å²) < 4.78 is 5.06. The Morgan fingerprint density at radius 1 is 1.25 bits per heavy atom. The molecule has 0 fully saturated rings. The number of aromatic nitrogens is 5. The molecule has 0 unspecified atom stereocenters. The lowest BCUT2D eigenvalue weighted by Gasteiger charge is -2.05. The molecule has 7 nitrogen and oxygen atoms in total. The van der Waals surface area contributed by atoms with Gasteiger partial charge < -0.3 is 9.84 Å². The van der Waals surface area contributed by atoms with Gasteiger partial charge in [-0.05, 0) is 12.1 Å². The zero-order chi connectivity index (χ0) is 13.9. The number of hydrogen-bond acceptors (Lipinski definition) is 6. The van der Waals surface area contributed by atoms with Gasteiger partial charge in [-0.25, -0.2) is 9.97 Å². The Morgan fingerprint density at radius 3 is 2.90 bits per heavy atom. The van der Waals surface area contributed by atoms with Crippen LogP contribution in [0.15, 0.2) is 36.8 Å². The van der Waals surface area contributed by atoms with Crippen molar-refractivity contribution >= 4 is 0 Å². The van der Waals surface area contributed by atoms with Crippen LogP contribution >= 0.6 is 0 Å². The zero-order valence-corrected chi connectivity index (χ0v) is 10.6. The Kier molecular flexibility index (Phi) is 3.00. The molecule has 2 heterocycles. The summed E-state index contributed by atoms with van der Waals surface area (Å²) in [6.45, 7) is 0. The molecule has 3 aromatic rings. The third-order valence-electron chi connectivity index (χ3n) is 2.75. The van der Waals surface area contributed by atoms with Crippen LogP contribution in [0.5, 0.6) is 11.5 Å². The van der Waals surface area contributed by atoms with Gasteiger partial charge in [0, 0.05) is 12.4 Å². The second-order valence-corrected chi connectivity index (χ2v) is 3.95. The first-order valence-corrected chi connectivity index (χ1v) is 5.84. The quantitative estimate of drug-likeness (QED) is 0.750. The van der Waals surface area contributed by atoms with Gasteiger partial charge in [0.1, 0.15) is 5.69 Å². The van der Waals surface area contributed by atoms with E-state index in [2.05, 4.69) is 25.1 Å². The van der Waals surface area contributed by atoms with Crippen LogP contribution in [0.3, 0.4) is 0 Å². The van der Waals surface area contributed by atoms with E-state index in [-0.39, 0.29) is 5.75 Å². The van der Waals surface area contributed by atoms with Crippen LogP contribution in [0.4, 0.5) is 0 Å². The Labute approximate surface area is 114 Å².